The van der Waals surface area contributed by atoms with E-state index in [1.807, 2.05) is 0 Å². The number of hydrogen-bond donors (Lipinski definition) is 2. The largest absolute Gasteiger partial charge is 0.486 e. The van der Waals surface area contributed by atoms with Gasteiger partial charge in [-0.1, -0.05) is 6.58 Å². The molecule has 4 rings (SSSR count). The number of halogens is 1. The first-order valence-corrected chi connectivity index (χ1v) is 9.50. The van der Waals surface area contributed by atoms with Crippen LogP contribution in [-0.2, 0) is 9.53 Å². The normalized spacial score (nSPS) is 15.3. The predicted molar refractivity (Wildman–Crippen MR) is 113 cm³/mol. The smallest absolute Gasteiger partial charge is 0.247 e. The molecule has 3 aromatic rings. The molecular weight excluding hydrogens is 401 g/mol. The van der Waals surface area contributed by atoms with Crippen molar-refractivity contribution in [3.05, 3.63) is 60.7 Å². The summed E-state index contributed by atoms with van der Waals surface area (Å²) in [5.74, 6) is -0.120. The van der Waals surface area contributed by atoms with Crippen LogP contribution in [0.15, 0.2) is 49.3 Å². The number of nitriles is 1. The van der Waals surface area contributed by atoms with E-state index in [4.69, 9.17) is 14.7 Å². The topological polar surface area (TPSA) is 109 Å². The molecule has 0 bridgehead atoms. The fourth-order valence-corrected chi connectivity index (χ4v) is 3.17. The maximum Gasteiger partial charge on any atom is 0.247 e. The molecule has 1 aromatic heterocycles. The Morgan fingerprint density at radius 3 is 2.97 bits per heavy atom. The van der Waals surface area contributed by atoms with E-state index in [-0.39, 0.29) is 11.7 Å². The van der Waals surface area contributed by atoms with Crippen LogP contribution in [0.25, 0.3) is 10.9 Å². The fraction of sp³-hybridized carbons (Fsp3) is 0.182. The molecule has 1 aliphatic heterocycles. The highest BCUT2D eigenvalue weighted by molar-refractivity contribution is 6.03. The third-order valence-corrected chi connectivity index (χ3v) is 4.71. The van der Waals surface area contributed by atoms with Crippen molar-refractivity contribution in [2.45, 2.75) is 12.5 Å². The molecule has 0 aliphatic carbocycles. The molecule has 9 heteroatoms. The lowest BCUT2D eigenvalue weighted by Crippen LogP contribution is -2.18. The molecule has 2 N–H and O–H groups in total. The summed E-state index contributed by atoms with van der Waals surface area (Å²) >= 11 is 0. The van der Waals surface area contributed by atoms with E-state index in [1.165, 1.54) is 24.5 Å². The van der Waals surface area contributed by atoms with Crippen LogP contribution >= 0.6 is 0 Å². The Morgan fingerprint density at radius 2 is 2.23 bits per heavy atom. The van der Waals surface area contributed by atoms with Crippen LogP contribution in [0.4, 0.5) is 21.6 Å². The van der Waals surface area contributed by atoms with Crippen LogP contribution in [0.3, 0.4) is 0 Å². The highest BCUT2D eigenvalue weighted by atomic mass is 19.1. The lowest BCUT2D eigenvalue weighted by Gasteiger charge is -2.17. The van der Waals surface area contributed by atoms with Gasteiger partial charge in [-0.25, -0.2) is 14.4 Å². The molecule has 2 aromatic carbocycles. The van der Waals surface area contributed by atoms with Gasteiger partial charge in [0.2, 0.25) is 5.91 Å². The standard InChI is InChI=1S/C22H18FN5O3/c1-2-21(29)28-19-8-16-18(9-20(19)31-15-5-6-30-11-15)25-12-26-22(16)27-14-3-4-17(23)13(7-14)10-24/h2-4,7-9,12,15H,1,5-6,11H2,(H,28,29)(H,25,26,27)/t15-/m0/s1. The maximum atomic E-state index is 13.6. The molecule has 0 spiro atoms. The number of hydrogen-bond acceptors (Lipinski definition) is 7. The lowest BCUT2D eigenvalue weighted by molar-refractivity contribution is -0.111. The summed E-state index contributed by atoms with van der Waals surface area (Å²) < 4.78 is 25.0. The number of carbonyl (C=O) groups is 1. The number of carbonyl (C=O) groups excluding carboxylic acids is 1. The number of amides is 1. The van der Waals surface area contributed by atoms with Crippen molar-refractivity contribution in [2.75, 3.05) is 23.8 Å². The summed E-state index contributed by atoms with van der Waals surface area (Å²) in [6, 6.07) is 9.31. The van der Waals surface area contributed by atoms with Gasteiger partial charge >= 0.3 is 0 Å². The van der Waals surface area contributed by atoms with E-state index in [1.54, 1.807) is 18.2 Å². The second-order valence-corrected chi connectivity index (χ2v) is 6.82. The van der Waals surface area contributed by atoms with Gasteiger partial charge in [-0.05, 0) is 30.3 Å². The number of nitrogens with one attached hydrogen (secondary N) is 2. The molecule has 0 radical (unpaired) electrons. The van der Waals surface area contributed by atoms with Crippen molar-refractivity contribution >= 4 is 34.0 Å². The van der Waals surface area contributed by atoms with Gasteiger partial charge in [-0.3, -0.25) is 4.79 Å². The summed E-state index contributed by atoms with van der Waals surface area (Å²) in [7, 11) is 0. The van der Waals surface area contributed by atoms with Crippen molar-refractivity contribution in [3.8, 4) is 11.8 Å². The van der Waals surface area contributed by atoms with E-state index in [0.717, 1.165) is 12.5 Å². The molecule has 1 fully saturated rings. The molecule has 0 saturated carbocycles. The molecule has 1 amide bonds. The molecule has 31 heavy (non-hydrogen) atoms. The molecule has 0 unspecified atom stereocenters. The first-order chi connectivity index (χ1) is 15.1. The zero-order valence-electron chi connectivity index (χ0n) is 16.4. The minimum Gasteiger partial charge on any atom is -0.486 e. The van der Waals surface area contributed by atoms with Gasteiger partial charge in [0.25, 0.3) is 0 Å². The zero-order valence-corrected chi connectivity index (χ0v) is 16.4. The number of nitrogens with zero attached hydrogens (tertiary/aromatic N) is 3. The SMILES string of the molecule is C=CC(=O)Nc1cc2c(Nc3ccc(F)c(C#N)c3)ncnc2cc1O[C@H]1CCOC1. The van der Waals surface area contributed by atoms with Crippen molar-refractivity contribution in [2.24, 2.45) is 0 Å². The highest BCUT2D eigenvalue weighted by Crippen LogP contribution is 2.34. The number of aromatic nitrogens is 2. The van der Waals surface area contributed by atoms with E-state index >= 15 is 0 Å². The third kappa shape index (κ3) is 4.44. The minimum atomic E-state index is -0.604. The number of fused-ring (bicyclic) bond motifs is 1. The Balaban J connectivity index is 1.75. The summed E-state index contributed by atoms with van der Waals surface area (Å²) in [4.78, 5) is 20.5. The third-order valence-electron chi connectivity index (χ3n) is 4.71. The van der Waals surface area contributed by atoms with E-state index in [0.29, 0.717) is 47.1 Å². The Labute approximate surface area is 177 Å². The summed E-state index contributed by atoms with van der Waals surface area (Å²) in [6.07, 6.45) is 3.16. The van der Waals surface area contributed by atoms with Crippen LogP contribution in [0.5, 0.6) is 5.75 Å². The average molecular weight is 419 g/mol. The molecule has 2 heterocycles. The number of anilines is 3. The first kappa shape index (κ1) is 20.3. The van der Waals surface area contributed by atoms with Crippen molar-refractivity contribution in [3.63, 3.8) is 0 Å². The number of benzene rings is 2. The molecule has 1 aliphatic rings. The maximum absolute atomic E-state index is 13.6. The molecular formula is C22H18FN5O3. The minimum absolute atomic E-state index is 0.0863. The molecule has 156 valence electrons. The van der Waals surface area contributed by atoms with Gasteiger partial charge in [0.05, 0.1) is 30.0 Å². The van der Waals surface area contributed by atoms with E-state index in [2.05, 4.69) is 27.2 Å². The quantitative estimate of drug-likeness (QED) is 0.587. The van der Waals surface area contributed by atoms with Crippen molar-refractivity contribution < 1.29 is 18.7 Å². The Hall–Kier alpha value is -4.03. The first-order valence-electron chi connectivity index (χ1n) is 9.50. The number of rotatable bonds is 6. The molecule has 1 atom stereocenters. The Morgan fingerprint density at radius 1 is 1.35 bits per heavy atom. The average Bonchev–Trinajstić information content (AvgIpc) is 3.29. The second-order valence-electron chi connectivity index (χ2n) is 6.82. The Kier molecular flexibility index (Phi) is 5.73. The van der Waals surface area contributed by atoms with Crippen LogP contribution in [0.2, 0.25) is 0 Å². The van der Waals surface area contributed by atoms with Crippen LogP contribution in [0, 0.1) is 17.1 Å². The van der Waals surface area contributed by atoms with Gasteiger partial charge in [-0.15, -0.1) is 0 Å². The van der Waals surface area contributed by atoms with Gasteiger partial charge in [0.1, 0.15) is 35.9 Å². The van der Waals surface area contributed by atoms with Gasteiger partial charge in [-0.2, -0.15) is 5.26 Å². The van der Waals surface area contributed by atoms with Crippen LogP contribution in [0.1, 0.15) is 12.0 Å². The van der Waals surface area contributed by atoms with E-state index < -0.39 is 11.7 Å². The summed E-state index contributed by atoms with van der Waals surface area (Å²) in [5.41, 5.74) is 1.40. The van der Waals surface area contributed by atoms with E-state index in [9.17, 15) is 9.18 Å². The Bertz CT molecular complexity index is 1200. The summed E-state index contributed by atoms with van der Waals surface area (Å²) in [5, 5.41) is 15.5. The second kappa shape index (κ2) is 8.77. The van der Waals surface area contributed by atoms with Crippen LogP contribution in [-0.4, -0.2) is 35.2 Å². The van der Waals surface area contributed by atoms with Gasteiger partial charge in [0.15, 0.2) is 0 Å². The van der Waals surface area contributed by atoms with Gasteiger partial charge in [0, 0.05) is 23.6 Å². The lowest BCUT2D eigenvalue weighted by atomic mass is 10.1. The van der Waals surface area contributed by atoms with Gasteiger partial charge < -0.3 is 20.1 Å². The predicted octanol–water partition coefficient (Wildman–Crippen LogP) is 3.68. The number of ether oxygens (including phenoxy) is 2. The van der Waals surface area contributed by atoms with Crippen LogP contribution < -0.4 is 15.4 Å². The highest BCUT2D eigenvalue weighted by Gasteiger charge is 2.20. The molecule has 1 saturated heterocycles. The fourth-order valence-electron chi connectivity index (χ4n) is 3.17. The monoisotopic (exact) mass is 419 g/mol. The summed E-state index contributed by atoms with van der Waals surface area (Å²) in [6.45, 7) is 4.57. The van der Waals surface area contributed by atoms with Crippen molar-refractivity contribution in [1.82, 2.24) is 9.97 Å². The zero-order chi connectivity index (χ0) is 21.8. The van der Waals surface area contributed by atoms with Crippen molar-refractivity contribution in [1.29, 1.82) is 5.26 Å². The molecule has 8 nitrogen and oxygen atoms in total.